The molecule has 10 heteroatoms. The van der Waals surface area contributed by atoms with Gasteiger partial charge in [0.05, 0.1) is 50.3 Å². The average molecular weight is 441 g/mol. The van der Waals surface area contributed by atoms with Crippen molar-refractivity contribution in [3.05, 3.63) is 35.5 Å². The smallest absolute Gasteiger partial charge is 0.319 e. The molecule has 2 aromatic rings. The first-order valence-corrected chi connectivity index (χ1v) is 10.7. The van der Waals surface area contributed by atoms with Crippen LogP contribution in [0.25, 0.3) is 11.3 Å². The Balaban J connectivity index is 1.65. The van der Waals surface area contributed by atoms with Gasteiger partial charge in [0.25, 0.3) is 0 Å². The van der Waals surface area contributed by atoms with Gasteiger partial charge in [0.1, 0.15) is 0 Å². The first-order chi connectivity index (χ1) is 15.5. The minimum atomic E-state index is -0.379. The number of aliphatic hydroxyl groups excluding tert-OH is 1. The highest BCUT2D eigenvalue weighted by molar-refractivity contribution is 5.89. The predicted molar refractivity (Wildman–Crippen MR) is 119 cm³/mol. The second-order valence-electron chi connectivity index (χ2n) is 7.97. The third-order valence-electron chi connectivity index (χ3n) is 5.65. The van der Waals surface area contributed by atoms with Crippen LogP contribution in [0.4, 0.5) is 16.4 Å². The molecule has 0 radical (unpaired) electrons. The van der Waals surface area contributed by atoms with Crippen molar-refractivity contribution < 1.29 is 19.4 Å². The highest BCUT2D eigenvalue weighted by Crippen LogP contribution is 2.33. The summed E-state index contributed by atoms with van der Waals surface area (Å²) in [6, 6.07) is 7.17. The molecule has 1 aromatic heterocycles. The minimum Gasteiger partial charge on any atom is -0.395 e. The number of nitrogens with zero attached hydrogens (tertiary/aromatic N) is 4. The summed E-state index contributed by atoms with van der Waals surface area (Å²) in [6.07, 6.45) is 0. The maximum atomic E-state index is 12.0. The molecular formula is C22H28N6O4. The summed E-state index contributed by atoms with van der Waals surface area (Å²) in [6.45, 7) is 6.61. The molecule has 1 aromatic carbocycles. The molecule has 2 aliphatic heterocycles. The molecule has 0 bridgehead atoms. The van der Waals surface area contributed by atoms with Crippen LogP contribution in [0.5, 0.6) is 0 Å². The van der Waals surface area contributed by atoms with Crippen LogP contribution < -0.4 is 15.5 Å². The van der Waals surface area contributed by atoms with Gasteiger partial charge < -0.3 is 30.3 Å². The summed E-state index contributed by atoms with van der Waals surface area (Å²) in [5, 5.41) is 14.1. The van der Waals surface area contributed by atoms with Crippen molar-refractivity contribution in [3.63, 3.8) is 0 Å². The van der Waals surface area contributed by atoms with Crippen molar-refractivity contribution in [1.29, 1.82) is 0 Å². The fraction of sp³-hybridized carbons (Fsp3) is 0.455. The molecule has 0 aliphatic carbocycles. The average Bonchev–Trinajstić information content (AvgIpc) is 3.23. The number of aromatic nitrogens is 2. The molecule has 170 valence electrons. The number of hydrogen-bond donors (Lipinski definition) is 3. The first kappa shape index (κ1) is 22.0. The Morgan fingerprint density at radius 1 is 1.22 bits per heavy atom. The van der Waals surface area contributed by atoms with Gasteiger partial charge in [-0.1, -0.05) is 12.1 Å². The zero-order valence-corrected chi connectivity index (χ0v) is 18.3. The summed E-state index contributed by atoms with van der Waals surface area (Å²) >= 11 is 0. The van der Waals surface area contributed by atoms with Gasteiger partial charge in [-0.05, 0) is 19.1 Å². The van der Waals surface area contributed by atoms with Gasteiger partial charge in [-0.2, -0.15) is 0 Å². The molecule has 1 atom stereocenters. The van der Waals surface area contributed by atoms with E-state index in [0.717, 1.165) is 22.5 Å². The topological polar surface area (TPSA) is 120 Å². The standard InChI is InChI=1S/C22H28N6O4/c1-14-13-32-10-8-28(14)21-25-19-12-27(15(2)30)11-18(19)20(26-21)16-3-5-17(6-4-16)24-22(31)23-7-9-29/h3-6,14,29H,7-13H2,1-2H3,(H2,23,24,31)/t14-/m0/s1. The van der Waals surface area contributed by atoms with Gasteiger partial charge in [-0.15, -0.1) is 0 Å². The summed E-state index contributed by atoms with van der Waals surface area (Å²) in [5.74, 6) is 0.647. The van der Waals surface area contributed by atoms with Gasteiger partial charge in [0, 0.05) is 36.8 Å². The molecule has 4 rings (SSSR count). The molecule has 0 spiro atoms. The van der Waals surface area contributed by atoms with E-state index in [2.05, 4.69) is 22.5 Å². The van der Waals surface area contributed by atoms with Crippen LogP contribution in [0.2, 0.25) is 0 Å². The molecule has 0 unspecified atom stereocenters. The number of carbonyl (C=O) groups is 2. The monoisotopic (exact) mass is 440 g/mol. The molecule has 3 heterocycles. The lowest BCUT2D eigenvalue weighted by Gasteiger charge is -2.33. The maximum Gasteiger partial charge on any atom is 0.319 e. The third kappa shape index (κ3) is 4.66. The van der Waals surface area contributed by atoms with Crippen LogP contribution >= 0.6 is 0 Å². The summed E-state index contributed by atoms with van der Waals surface area (Å²) in [5.41, 5.74) is 4.12. The molecular weight excluding hydrogens is 412 g/mol. The van der Waals surface area contributed by atoms with E-state index in [9.17, 15) is 9.59 Å². The third-order valence-corrected chi connectivity index (χ3v) is 5.65. The van der Waals surface area contributed by atoms with Gasteiger partial charge in [0.2, 0.25) is 11.9 Å². The second-order valence-corrected chi connectivity index (χ2v) is 7.97. The van der Waals surface area contributed by atoms with E-state index in [-0.39, 0.29) is 31.1 Å². The second kappa shape index (κ2) is 9.49. The number of carbonyl (C=O) groups excluding carboxylic acids is 2. The van der Waals surface area contributed by atoms with E-state index in [1.807, 2.05) is 12.1 Å². The number of amides is 3. The quantitative estimate of drug-likeness (QED) is 0.642. The van der Waals surface area contributed by atoms with E-state index in [0.29, 0.717) is 44.5 Å². The van der Waals surface area contributed by atoms with Crippen molar-refractivity contribution in [2.24, 2.45) is 0 Å². The molecule has 10 nitrogen and oxygen atoms in total. The summed E-state index contributed by atoms with van der Waals surface area (Å²) < 4.78 is 5.56. The van der Waals surface area contributed by atoms with Gasteiger partial charge in [-0.3, -0.25) is 4.79 Å². The van der Waals surface area contributed by atoms with Crippen molar-refractivity contribution in [1.82, 2.24) is 20.2 Å². The zero-order valence-electron chi connectivity index (χ0n) is 18.3. The van der Waals surface area contributed by atoms with E-state index in [4.69, 9.17) is 19.8 Å². The van der Waals surface area contributed by atoms with E-state index in [1.165, 1.54) is 0 Å². The molecule has 1 saturated heterocycles. The molecule has 3 N–H and O–H groups in total. The highest BCUT2D eigenvalue weighted by Gasteiger charge is 2.30. The van der Waals surface area contributed by atoms with Crippen LogP contribution in [0.3, 0.4) is 0 Å². The van der Waals surface area contributed by atoms with E-state index >= 15 is 0 Å². The SMILES string of the molecule is CC(=O)N1Cc2nc(N3CCOC[C@@H]3C)nc(-c3ccc(NC(=O)NCCO)cc3)c2C1. The number of aliphatic hydroxyl groups is 1. The van der Waals surface area contributed by atoms with Gasteiger partial charge in [0.15, 0.2) is 0 Å². The van der Waals surface area contributed by atoms with Crippen LogP contribution in [0.1, 0.15) is 25.1 Å². The number of benzene rings is 1. The lowest BCUT2D eigenvalue weighted by Crippen LogP contribution is -2.44. The minimum absolute atomic E-state index is 0.00341. The maximum absolute atomic E-state index is 12.0. The predicted octanol–water partition coefficient (Wildman–Crippen LogP) is 1.34. The fourth-order valence-corrected chi connectivity index (χ4v) is 3.91. The van der Waals surface area contributed by atoms with Crippen molar-refractivity contribution in [2.75, 3.05) is 43.1 Å². The van der Waals surface area contributed by atoms with E-state index in [1.54, 1.807) is 24.0 Å². The van der Waals surface area contributed by atoms with Gasteiger partial charge >= 0.3 is 6.03 Å². The Bertz CT molecular complexity index is 997. The number of hydrogen-bond acceptors (Lipinski definition) is 7. The zero-order chi connectivity index (χ0) is 22.7. The van der Waals surface area contributed by atoms with Crippen LogP contribution in [-0.2, 0) is 22.6 Å². The summed E-state index contributed by atoms with van der Waals surface area (Å²) in [7, 11) is 0. The van der Waals surface area contributed by atoms with Crippen molar-refractivity contribution in [2.45, 2.75) is 33.0 Å². The van der Waals surface area contributed by atoms with Gasteiger partial charge in [-0.25, -0.2) is 14.8 Å². The Kier molecular flexibility index (Phi) is 6.52. The Morgan fingerprint density at radius 2 is 2.00 bits per heavy atom. The molecule has 0 saturated carbocycles. The lowest BCUT2D eigenvalue weighted by molar-refractivity contribution is -0.129. The fourth-order valence-electron chi connectivity index (χ4n) is 3.91. The number of fused-ring (bicyclic) bond motifs is 1. The number of urea groups is 1. The Labute approximate surface area is 186 Å². The molecule has 32 heavy (non-hydrogen) atoms. The first-order valence-electron chi connectivity index (χ1n) is 10.7. The van der Waals surface area contributed by atoms with Crippen molar-refractivity contribution in [3.8, 4) is 11.3 Å². The van der Waals surface area contributed by atoms with Crippen LogP contribution in [0.15, 0.2) is 24.3 Å². The van der Waals surface area contributed by atoms with Crippen molar-refractivity contribution >= 4 is 23.6 Å². The van der Waals surface area contributed by atoms with Crippen LogP contribution in [-0.4, -0.2) is 70.9 Å². The highest BCUT2D eigenvalue weighted by atomic mass is 16.5. The summed E-state index contributed by atoms with van der Waals surface area (Å²) in [4.78, 5) is 37.5. The number of rotatable bonds is 5. The number of anilines is 2. The number of nitrogens with one attached hydrogen (secondary N) is 2. The Morgan fingerprint density at radius 3 is 2.69 bits per heavy atom. The lowest BCUT2D eigenvalue weighted by atomic mass is 10.1. The van der Waals surface area contributed by atoms with E-state index < -0.39 is 0 Å². The molecule has 1 fully saturated rings. The number of ether oxygens (including phenoxy) is 1. The Hall–Kier alpha value is -3.24. The molecule has 3 amide bonds. The largest absolute Gasteiger partial charge is 0.395 e. The normalized spacial score (nSPS) is 17.8. The van der Waals surface area contributed by atoms with Crippen LogP contribution in [0, 0.1) is 0 Å². The number of morpholine rings is 1. The molecule has 2 aliphatic rings.